The molecule has 2 saturated heterocycles. The maximum atomic E-state index is 11.7. The highest BCUT2D eigenvalue weighted by molar-refractivity contribution is 5.71. The zero-order valence-electron chi connectivity index (χ0n) is 20.1. The number of rotatable bonds is 3. The van der Waals surface area contributed by atoms with Crippen molar-refractivity contribution in [2.45, 2.75) is 49.1 Å². The smallest absolute Gasteiger partial charge is 0.280 e. The number of aldehydes is 1. The van der Waals surface area contributed by atoms with Crippen LogP contribution in [0.1, 0.15) is 12.5 Å². The summed E-state index contributed by atoms with van der Waals surface area (Å²) in [5, 5.41) is 39.3. The number of carbonyl (C=O) groups excluding carboxylic acids is 1. The number of nitrogens with zero attached hydrogens (tertiary/aromatic N) is 6. The Kier molecular flexibility index (Phi) is 6.80. The molecule has 0 bridgehead atoms. The second-order valence-corrected chi connectivity index (χ2v) is 8.75. The SMILES string of the molecule is C#C[C@H]1O[C@@H](n2cnc3c(=O)[nH]c(N)nc32)[C@H](O)[C@@H]1O.Nc1nc2c(ncn2[C@@H]2O[C@H](C=O)[C@@H](O)[C@H]2O)c(=O)[nH]1. The second kappa shape index (κ2) is 10.1. The van der Waals surface area contributed by atoms with E-state index in [0.29, 0.717) is 6.29 Å². The summed E-state index contributed by atoms with van der Waals surface area (Å²) in [5.41, 5.74) is 10.2. The van der Waals surface area contributed by atoms with E-state index in [1.54, 1.807) is 0 Å². The quantitative estimate of drug-likeness (QED) is 0.0867. The number of aliphatic hydroxyl groups excluding tert-OH is 4. The van der Waals surface area contributed by atoms with E-state index in [2.05, 4.69) is 35.8 Å². The number of aromatic amines is 2. The van der Waals surface area contributed by atoms with Gasteiger partial charge in [0.05, 0.1) is 12.7 Å². The van der Waals surface area contributed by atoms with Gasteiger partial charge < -0.3 is 46.2 Å². The molecule has 0 unspecified atom stereocenters. The fourth-order valence-corrected chi connectivity index (χ4v) is 4.31. The second-order valence-electron chi connectivity index (χ2n) is 8.75. The molecule has 6 heterocycles. The van der Waals surface area contributed by atoms with Crippen LogP contribution in [-0.2, 0) is 14.3 Å². The summed E-state index contributed by atoms with van der Waals surface area (Å²) < 4.78 is 13.2. The Bertz CT molecular complexity index is 1740. The molecular weight excluding hydrogens is 536 g/mol. The third kappa shape index (κ3) is 4.35. The fourth-order valence-electron chi connectivity index (χ4n) is 4.31. The maximum Gasteiger partial charge on any atom is 0.280 e. The molecule has 0 aromatic carbocycles. The summed E-state index contributed by atoms with van der Waals surface area (Å²) in [6, 6.07) is 0. The van der Waals surface area contributed by atoms with Gasteiger partial charge in [0.15, 0.2) is 41.1 Å². The summed E-state index contributed by atoms with van der Waals surface area (Å²) in [7, 11) is 0. The van der Waals surface area contributed by atoms with Crippen molar-refractivity contribution >= 4 is 40.5 Å². The van der Waals surface area contributed by atoms with E-state index in [-0.39, 0.29) is 34.2 Å². The largest absolute Gasteiger partial charge is 0.387 e. The minimum atomic E-state index is -1.37. The van der Waals surface area contributed by atoms with E-state index in [0.717, 1.165) is 0 Å². The zero-order valence-corrected chi connectivity index (χ0v) is 20.1. The lowest BCUT2D eigenvalue weighted by Gasteiger charge is -2.16. The van der Waals surface area contributed by atoms with E-state index < -0.39 is 60.2 Å². The summed E-state index contributed by atoms with van der Waals surface area (Å²) in [6.07, 6.45) is -1.33. The van der Waals surface area contributed by atoms with Gasteiger partial charge in [-0.05, 0) is 0 Å². The number of aromatic nitrogens is 8. The van der Waals surface area contributed by atoms with Crippen LogP contribution in [0.15, 0.2) is 22.2 Å². The normalized spacial score (nSPS) is 29.8. The Morgan fingerprint density at radius 3 is 1.75 bits per heavy atom. The van der Waals surface area contributed by atoms with Crippen molar-refractivity contribution in [2.75, 3.05) is 11.5 Å². The molecule has 0 saturated carbocycles. The molecule has 4 aromatic heterocycles. The summed E-state index contributed by atoms with van der Waals surface area (Å²) >= 11 is 0. The predicted octanol–water partition coefficient (Wildman–Crippen LogP) is -4.53. The lowest BCUT2D eigenvalue weighted by molar-refractivity contribution is -0.122. The topological polar surface area (TPSA) is 296 Å². The molecule has 2 aliphatic heterocycles. The van der Waals surface area contributed by atoms with E-state index in [1.807, 2.05) is 0 Å². The van der Waals surface area contributed by atoms with Crippen molar-refractivity contribution in [1.82, 2.24) is 39.0 Å². The van der Waals surface area contributed by atoms with Crippen LogP contribution in [0.25, 0.3) is 22.3 Å². The lowest BCUT2D eigenvalue weighted by atomic mass is 10.1. The Morgan fingerprint density at radius 1 is 0.850 bits per heavy atom. The van der Waals surface area contributed by atoms with Crippen LogP contribution < -0.4 is 22.6 Å². The third-order valence-corrected chi connectivity index (χ3v) is 6.26. The van der Waals surface area contributed by atoms with Crippen molar-refractivity contribution in [1.29, 1.82) is 0 Å². The van der Waals surface area contributed by atoms with Crippen LogP contribution in [-0.4, -0.2) is 102 Å². The van der Waals surface area contributed by atoms with Crippen LogP contribution in [0, 0.1) is 12.3 Å². The summed E-state index contributed by atoms with van der Waals surface area (Å²) in [6.45, 7) is 0. The molecule has 210 valence electrons. The number of nitrogens with one attached hydrogen (secondary N) is 2. The molecule has 0 aliphatic carbocycles. The van der Waals surface area contributed by atoms with Crippen LogP contribution in [0.2, 0.25) is 0 Å². The number of fused-ring (bicyclic) bond motifs is 2. The molecule has 10 N–H and O–H groups in total. The van der Waals surface area contributed by atoms with Crippen molar-refractivity contribution in [3.63, 3.8) is 0 Å². The number of ether oxygens (including phenoxy) is 2. The van der Waals surface area contributed by atoms with Gasteiger partial charge in [-0.25, -0.2) is 9.97 Å². The van der Waals surface area contributed by atoms with E-state index in [1.165, 1.54) is 21.8 Å². The first-order valence-corrected chi connectivity index (χ1v) is 11.4. The Hall–Kier alpha value is -4.71. The maximum absolute atomic E-state index is 11.7. The average molecular weight is 558 g/mol. The van der Waals surface area contributed by atoms with E-state index in [4.69, 9.17) is 27.4 Å². The van der Waals surface area contributed by atoms with Gasteiger partial charge in [0, 0.05) is 0 Å². The van der Waals surface area contributed by atoms with Gasteiger partial charge in [-0.15, -0.1) is 6.42 Å². The van der Waals surface area contributed by atoms with Gasteiger partial charge in [0.2, 0.25) is 11.9 Å². The van der Waals surface area contributed by atoms with Gasteiger partial charge in [-0.2, -0.15) is 9.97 Å². The number of carbonyl (C=O) groups is 1. The molecular formula is C21H22N10O9. The first-order chi connectivity index (χ1) is 19.0. The Labute approximate surface area is 221 Å². The van der Waals surface area contributed by atoms with Crippen LogP contribution >= 0.6 is 0 Å². The lowest BCUT2D eigenvalue weighted by Crippen LogP contribution is -2.32. The first kappa shape index (κ1) is 26.9. The summed E-state index contributed by atoms with van der Waals surface area (Å²) in [4.78, 5) is 54.2. The van der Waals surface area contributed by atoms with Gasteiger partial charge in [0.1, 0.15) is 36.6 Å². The number of nitrogen functional groups attached to an aromatic ring is 2. The number of anilines is 2. The number of hydrogen-bond donors (Lipinski definition) is 8. The number of H-pyrrole nitrogens is 2. The molecule has 4 aromatic rings. The van der Waals surface area contributed by atoms with Crippen molar-refractivity contribution in [3.8, 4) is 12.3 Å². The number of terminal acetylenes is 1. The number of aliphatic hydroxyl groups is 4. The molecule has 0 radical (unpaired) electrons. The molecule has 2 aliphatic rings. The molecule has 0 spiro atoms. The molecule has 8 atom stereocenters. The third-order valence-electron chi connectivity index (χ3n) is 6.26. The van der Waals surface area contributed by atoms with Gasteiger partial charge >= 0.3 is 0 Å². The van der Waals surface area contributed by atoms with E-state index in [9.17, 15) is 34.8 Å². The Balaban J connectivity index is 0.000000161. The highest BCUT2D eigenvalue weighted by Gasteiger charge is 2.45. The monoisotopic (exact) mass is 558 g/mol. The molecule has 0 amide bonds. The van der Waals surface area contributed by atoms with Crippen molar-refractivity contribution in [3.05, 3.63) is 33.4 Å². The van der Waals surface area contributed by atoms with Crippen LogP contribution in [0.4, 0.5) is 11.9 Å². The minimum Gasteiger partial charge on any atom is -0.387 e. The van der Waals surface area contributed by atoms with Gasteiger partial charge in [-0.3, -0.25) is 28.7 Å². The molecule has 2 fully saturated rings. The molecule has 19 nitrogen and oxygen atoms in total. The van der Waals surface area contributed by atoms with Crippen molar-refractivity contribution in [2.24, 2.45) is 0 Å². The fraction of sp³-hybridized carbons (Fsp3) is 0.381. The van der Waals surface area contributed by atoms with Gasteiger partial charge in [-0.1, -0.05) is 5.92 Å². The number of hydrogen-bond acceptors (Lipinski definition) is 15. The van der Waals surface area contributed by atoms with E-state index >= 15 is 0 Å². The Morgan fingerprint density at radius 2 is 1.32 bits per heavy atom. The number of nitrogens with two attached hydrogens (primary N) is 2. The van der Waals surface area contributed by atoms with Crippen LogP contribution in [0.3, 0.4) is 0 Å². The first-order valence-electron chi connectivity index (χ1n) is 11.4. The molecule has 40 heavy (non-hydrogen) atoms. The highest BCUT2D eigenvalue weighted by atomic mass is 16.6. The standard InChI is InChI=1S/C11H11N5O4.C10H11N5O5/c1-2-4-6(17)7(18)10(20-4)16-3-13-5-8(16)14-11(12)15-9(5)19;11-10-13-7-4(8(19)14-10)12-2-15(7)9-6(18)5(17)3(1-16)20-9/h1,3-4,6-7,10,17-18H,(H3,12,14,15,19);1-3,5-6,9,17-18H,(H3,11,13,14,19)/t4-,6-,7-,10-;3-,5-,6-,9-/m11/s1. The van der Waals surface area contributed by atoms with Crippen LogP contribution in [0.5, 0.6) is 0 Å². The van der Waals surface area contributed by atoms with Gasteiger partial charge in [0.25, 0.3) is 11.1 Å². The molecule has 19 heteroatoms. The molecule has 6 rings (SSSR count). The zero-order chi connectivity index (χ0) is 28.9. The highest BCUT2D eigenvalue weighted by Crippen LogP contribution is 2.31. The predicted molar refractivity (Wildman–Crippen MR) is 132 cm³/mol. The number of imidazole rings is 2. The minimum absolute atomic E-state index is 0.0130. The average Bonchev–Trinajstić information content (AvgIpc) is 3.66. The van der Waals surface area contributed by atoms with Crippen molar-refractivity contribution < 1.29 is 34.7 Å². The summed E-state index contributed by atoms with van der Waals surface area (Å²) in [5.74, 6) is 2.01.